The quantitative estimate of drug-likeness (QED) is 0.626. The molecule has 2 amide bonds. The summed E-state index contributed by atoms with van der Waals surface area (Å²) >= 11 is 0. The standard InChI is InChI=1S/C4H2F8.C4H3NO2/c5-1-2(6,7)3(8,9)4(10,11)12;6-3-1-2-4(7)5-3/h1H2;1-2H,(H,5,6,7). The molecule has 0 radical (unpaired) electrons. The highest BCUT2D eigenvalue weighted by molar-refractivity contribution is 6.12. The van der Waals surface area contributed by atoms with Crippen LogP contribution in [0.5, 0.6) is 0 Å². The minimum Gasteiger partial charge on any atom is -0.289 e. The zero-order valence-corrected chi connectivity index (χ0v) is 8.70. The van der Waals surface area contributed by atoms with Crippen molar-refractivity contribution in [3.05, 3.63) is 12.2 Å². The molecule has 0 aromatic carbocycles. The number of amides is 2. The van der Waals surface area contributed by atoms with E-state index in [2.05, 4.69) is 0 Å². The van der Waals surface area contributed by atoms with Crippen molar-refractivity contribution in [3.8, 4) is 0 Å². The fourth-order valence-electron chi connectivity index (χ4n) is 0.647. The molecule has 1 aliphatic heterocycles. The van der Waals surface area contributed by atoms with Crippen molar-refractivity contribution < 1.29 is 44.7 Å². The molecule has 0 saturated heterocycles. The average molecular weight is 299 g/mol. The topological polar surface area (TPSA) is 46.2 Å². The highest BCUT2D eigenvalue weighted by atomic mass is 19.4. The first-order chi connectivity index (χ1) is 8.35. The van der Waals surface area contributed by atoms with E-state index in [0.29, 0.717) is 0 Å². The Labute approximate surface area is 99.8 Å². The molecule has 0 aromatic heterocycles. The number of hydrogen-bond donors (Lipinski definition) is 1. The number of imide groups is 1. The van der Waals surface area contributed by atoms with Gasteiger partial charge < -0.3 is 0 Å². The molecule has 0 atom stereocenters. The van der Waals surface area contributed by atoms with Crippen LogP contribution in [0, 0.1) is 0 Å². The SMILES string of the molecule is FCC(F)(F)C(F)(F)C(F)(F)F.O=C1C=CC(=O)N1. The molecule has 0 aromatic rings. The van der Waals surface area contributed by atoms with E-state index < -0.39 is 24.7 Å². The van der Waals surface area contributed by atoms with E-state index in [1.165, 1.54) is 12.2 Å². The van der Waals surface area contributed by atoms with Crippen molar-refractivity contribution >= 4 is 11.8 Å². The molecule has 110 valence electrons. The van der Waals surface area contributed by atoms with Gasteiger partial charge in [0.05, 0.1) is 0 Å². The van der Waals surface area contributed by atoms with E-state index in [4.69, 9.17) is 0 Å². The summed E-state index contributed by atoms with van der Waals surface area (Å²) in [5.74, 6) is -12.7. The molecule has 0 fully saturated rings. The maximum Gasteiger partial charge on any atom is 0.459 e. The first kappa shape index (κ1) is 17.3. The summed E-state index contributed by atoms with van der Waals surface area (Å²) in [5, 5.41) is 2.03. The predicted molar refractivity (Wildman–Crippen MR) is 44.2 cm³/mol. The summed E-state index contributed by atoms with van der Waals surface area (Å²) in [6.07, 6.45) is -4.05. The second kappa shape index (κ2) is 5.53. The molecule has 1 heterocycles. The second-order valence-corrected chi connectivity index (χ2v) is 3.10. The molecule has 0 spiro atoms. The van der Waals surface area contributed by atoms with Crippen LogP contribution >= 0.6 is 0 Å². The van der Waals surface area contributed by atoms with E-state index in [9.17, 15) is 44.7 Å². The summed E-state index contributed by atoms with van der Waals surface area (Å²) in [7, 11) is 0. The first-order valence-electron chi connectivity index (χ1n) is 4.26. The lowest BCUT2D eigenvalue weighted by molar-refractivity contribution is -0.356. The molecule has 1 rings (SSSR count). The molecule has 0 saturated carbocycles. The Morgan fingerprint density at radius 2 is 1.26 bits per heavy atom. The van der Waals surface area contributed by atoms with Gasteiger partial charge in [-0.25, -0.2) is 4.39 Å². The van der Waals surface area contributed by atoms with Crippen LogP contribution in [0.25, 0.3) is 0 Å². The molecule has 3 nitrogen and oxygen atoms in total. The molecule has 19 heavy (non-hydrogen) atoms. The van der Waals surface area contributed by atoms with E-state index in [1.807, 2.05) is 5.32 Å². The summed E-state index contributed by atoms with van der Waals surface area (Å²) < 4.78 is 90.8. The monoisotopic (exact) mass is 299 g/mol. The van der Waals surface area contributed by atoms with E-state index in [1.54, 1.807) is 0 Å². The van der Waals surface area contributed by atoms with Gasteiger partial charge in [-0.15, -0.1) is 0 Å². The summed E-state index contributed by atoms with van der Waals surface area (Å²) in [4.78, 5) is 20.1. The van der Waals surface area contributed by atoms with Crippen LogP contribution in [0.2, 0.25) is 0 Å². The van der Waals surface area contributed by atoms with Gasteiger partial charge in [0.15, 0.2) is 6.67 Å². The molecule has 0 bridgehead atoms. The van der Waals surface area contributed by atoms with Crippen LogP contribution in [-0.2, 0) is 9.59 Å². The maximum absolute atomic E-state index is 11.6. The van der Waals surface area contributed by atoms with E-state index in [0.717, 1.165) is 0 Å². The van der Waals surface area contributed by atoms with Gasteiger partial charge in [0, 0.05) is 12.2 Å². The smallest absolute Gasteiger partial charge is 0.289 e. The van der Waals surface area contributed by atoms with Gasteiger partial charge in [-0.3, -0.25) is 14.9 Å². The Morgan fingerprint density at radius 1 is 0.895 bits per heavy atom. The van der Waals surface area contributed by atoms with Crippen LogP contribution < -0.4 is 5.32 Å². The third-order valence-corrected chi connectivity index (χ3v) is 1.62. The molecule has 1 N–H and O–H groups in total. The van der Waals surface area contributed by atoms with Gasteiger partial charge in [0.25, 0.3) is 11.8 Å². The normalized spacial score (nSPS) is 16.0. The van der Waals surface area contributed by atoms with Crippen molar-refractivity contribution in [3.63, 3.8) is 0 Å². The van der Waals surface area contributed by atoms with Crippen LogP contribution in [0.15, 0.2) is 12.2 Å². The molecule has 0 unspecified atom stereocenters. The van der Waals surface area contributed by atoms with Gasteiger partial charge in [-0.1, -0.05) is 0 Å². The summed E-state index contributed by atoms with van der Waals surface area (Å²) in [5.41, 5.74) is 0. The minimum atomic E-state index is -6.44. The fraction of sp³-hybridized carbons (Fsp3) is 0.500. The highest BCUT2D eigenvalue weighted by Crippen LogP contribution is 2.46. The second-order valence-electron chi connectivity index (χ2n) is 3.10. The van der Waals surface area contributed by atoms with Gasteiger partial charge in [-0.2, -0.15) is 30.7 Å². The Hall–Kier alpha value is -1.68. The number of carbonyl (C=O) groups is 2. The fourth-order valence-corrected chi connectivity index (χ4v) is 0.647. The summed E-state index contributed by atoms with van der Waals surface area (Å²) in [6.45, 7) is -3.06. The van der Waals surface area contributed by atoms with Crippen molar-refractivity contribution in [1.29, 1.82) is 0 Å². The zero-order valence-electron chi connectivity index (χ0n) is 8.70. The van der Waals surface area contributed by atoms with Crippen LogP contribution in [0.3, 0.4) is 0 Å². The van der Waals surface area contributed by atoms with Gasteiger partial charge >= 0.3 is 18.0 Å². The van der Waals surface area contributed by atoms with Crippen molar-refractivity contribution in [2.75, 3.05) is 6.67 Å². The molecule has 0 aliphatic carbocycles. The average Bonchev–Trinajstić information content (AvgIpc) is 2.61. The molecule has 11 heteroatoms. The van der Waals surface area contributed by atoms with Crippen molar-refractivity contribution in [1.82, 2.24) is 5.32 Å². The van der Waals surface area contributed by atoms with E-state index in [-0.39, 0.29) is 11.8 Å². The molecular weight excluding hydrogens is 294 g/mol. The number of nitrogens with one attached hydrogen (secondary N) is 1. The summed E-state index contributed by atoms with van der Waals surface area (Å²) in [6, 6.07) is 0. The number of halogens is 8. The van der Waals surface area contributed by atoms with Crippen LogP contribution in [0.4, 0.5) is 35.1 Å². The van der Waals surface area contributed by atoms with Crippen molar-refractivity contribution in [2.45, 2.75) is 18.0 Å². The first-order valence-corrected chi connectivity index (χ1v) is 4.26. The number of rotatable bonds is 2. The van der Waals surface area contributed by atoms with Crippen molar-refractivity contribution in [2.24, 2.45) is 0 Å². The highest BCUT2D eigenvalue weighted by Gasteiger charge is 2.73. The Bertz CT molecular complexity index is 371. The Morgan fingerprint density at radius 3 is 1.37 bits per heavy atom. The minimum absolute atomic E-state index is 0.329. The number of hydrogen-bond acceptors (Lipinski definition) is 2. The largest absolute Gasteiger partial charge is 0.459 e. The Kier molecular flexibility index (Phi) is 5.04. The lowest BCUT2D eigenvalue weighted by Crippen LogP contribution is -2.53. The lowest BCUT2D eigenvalue weighted by Gasteiger charge is -2.25. The van der Waals surface area contributed by atoms with E-state index >= 15 is 0 Å². The predicted octanol–water partition coefficient (Wildman–Crippen LogP) is 1.99. The van der Waals surface area contributed by atoms with Gasteiger partial charge in [0.1, 0.15) is 0 Å². The zero-order chi connectivity index (χ0) is 15.5. The molecule has 1 aliphatic rings. The third-order valence-electron chi connectivity index (χ3n) is 1.62. The van der Waals surface area contributed by atoms with Crippen LogP contribution in [-0.4, -0.2) is 36.5 Å². The number of carbonyl (C=O) groups excluding carboxylic acids is 2. The van der Waals surface area contributed by atoms with Gasteiger partial charge in [-0.05, 0) is 0 Å². The molecular formula is C8H5F8NO2. The third kappa shape index (κ3) is 4.17. The van der Waals surface area contributed by atoms with Gasteiger partial charge in [0.2, 0.25) is 0 Å². The Balaban J connectivity index is 0.000000388. The lowest BCUT2D eigenvalue weighted by atomic mass is 10.2. The maximum atomic E-state index is 11.6. The van der Waals surface area contributed by atoms with Crippen LogP contribution in [0.1, 0.15) is 0 Å². The number of alkyl halides is 8.